The van der Waals surface area contributed by atoms with Crippen LogP contribution in [0.3, 0.4) is 0 Å². The lowest BCUT2D eigenvalue weighted by molar-refractivity contribution is 0.261. The van der Waals surface area contributed by atoms with Crippen molar-refractivity contribution in [3.63, 3.8) is 0 Å². The van der Waals surface area contributed by atoms with Crippen molar-refractivity contribution >= 4 is 62.7 Å². The van der Waals surface area contributed by atoms with Crippen LogP contribution in [0.5, 0.6) is 5.75 Å². The Bertz CT molecular complexity index is 4770. The highest BCUT2D eigenvalue weighted by Crippen LogP contribution is 2.36. The van der Waals surface area contributed by atoms with Gasteiger partial charge in [-0.1, -0.05) is 66.2 Å². The predicted molar refractivity (Wildman–Crippen MR) is 394 cm³/mol. The van der Waals surface area contributed by atoms with E-state index in [2.05, 4.69) is 84.7 Å². The highest BCUT2D eigenvalue weighted by molar-refractivity contribution is 7.60. The van der Waals surface area contributed by atoms with Crippen LogP contribution < -0.4 is 36.6 Å². The highest BCUT2D eigenvalue weighted by atomic mass is 32.2. The van der Waals surface area contributed by atoms with Gasteiger partial charge < -0.3 is 36.6 Å². The van der Waals surface area contributed by atoms with Gasteiger partial charge in [-0.3, -0.25) is 33.9 Å². The SMILES string of the molecule is CCn1cc(-c2cccc(NC(=O)Nc3ccc(C)cc3)c2)c(-c2ccncc2)n1.CCn1cc(-c2cccc(NC(=O)Nc3ccc(CN4CCCC4)cc3)c2)c(-c2ccncc2)n1.CCn1cc(-c2cccc(NC(=O)Nc3ccc(OC)cc3)c2)c(-c2ccncc2)n1.N=S(=O)=O. The van der Waals surface area contributed by atoms with Crippen molar-refractivity contribution in [1.82, 2.24) is 49.2 Å². The number of hydrogen-bond acceptors (Lipinski definition) is 14. The van der Waals surface area contributed by atoms with Crippen LogP contribution in [0, 0.1) is 11.7 Å². The number of benzene rings is 6. The van der Waals surface area contributed by atoms with Gasteiger partial charge in [0.2, 0.25) is 0 Å². The van der Waals surface area contributed by atoms with Crippen molar-refractivity contribution in [2.45, 2.75) is 66.7 Å². The molecule has 100 heavy (non-hydrogen) atoms. The second kappa shape index (κ2) is 35.0. The van der Waals surface area contributed by atoms with Crippen LogP contribution in [0.25, 0.3) is 67.2 Å². The molecule has 7 heterocycles. The van der Waals surface area contributed by atoms with Crippen LogP contribution in [-0.2, 0) is 36.7 Å². The Labute approximate surface area is 581 Å². The van der Waals surface area contributed by atoms with Crippen molar-refractivity contribution < 1.29 is 27.5 Å². The summed E-state index contributed by atoms with van der Waals surface area (Å²) in [4.78, 5) is 52.3. The van der Waals surface area contributed by atoms with Crippen LogP contribution in [0.15, 0.2) is 238 Å². The van der Waals surface area contributed by atoms with E-state index in [9.17, 15) is 14.4 Å². The summed E-state index contributed by atoms with van der Waals surface area (Å²) in [6.45, 7) is 13.8. The Hall–Kier alpha value is -12.4. The standard InChI is InChI=1S/C28H30N6O.C24H23N5O2.C24H23N5O.HNO2S/c1-2-34-20-26(27(32-34)22-12-14-29-15-13-22)23-6-5-7-25(18-23)31-28(35)30-24-10-8-21(9-11-24)19-33-16-3-4-17-33;1-3-29-16-22(23(28-29)17-11-13-25-14-12-17)18-5-4-6-20(15-18)27-24(30)26-19-7-9-21(31-2)10-8-19;1-3-29-16-22(23(28-29)18-11-13-25-14-12-18)19-5-4-6-21(15-19)27-24(30)26-20-9-7-17(2)8-10-20;1-4(2)3/h5-15,18,20H,2-4,16-17,19H2,1H3,(H2,30,31,35);4-16H,3H2,1-2H3,(H2,26,27,30);4-16H,3H2,1-2H3,(H2,26,27,30);1H. The maximum absolute atomic E-state index is 12.7. The third-order valence-corrected chi connectivity index (χ3v) is 15.9. The summed E-state index contributed by atoms with van der Waals surface area (Å²) in [6.07, 6.45) is 19.2. The second-order valence-corrected chi connectivity index (χ2v) is 23.4. The minimum Gasteiger partial charge on any atom is -0.497 e. The first kappa shape index (κ1) is 70.4. The summed E-state index contributed by atoms with van der Waals surface area (Å²) in [7, 11) is -1.01. The first-order chi connectivity index (χ1) is 48.7. The normalized spacial score (nSPS) is 11.4. The number of likely N-dealkylation sites (tertiary alicyclic amines) is 1. The summed E-state index contributed by atoms with van der Waals surface area (Å²) >= 11 is 0. The first-order valence-corrected chi connectivity index (χ1v) is 33.6. The number of methoxy groups -OCH3 is 1. The fourth-order valence-electron chi connectivity index (χ4n) is 10.9. The molecule has 0 spiro atoms. The molecule has 6 aromatic carbocycles. The van der Waals surface area contributed by atoms with E-state index in [1.54, 1.807) is 68.6 Å². The van der Waals surface area contributed by atoms with Crippen molar-refractivity contribution in [3.8, 4) is 72.9 Å². The number of carbonyl (C=O) groups is 3. The number of carbonyl (C=O) groups excluding carboxylic acids is 3. The van der Waals surface area contributed by atoms with E-state index in [0.29, 0.717) is 17.1 Å². The molecule has 0 bridgehead atoms. The maximum atomic E-state index is 12.7. The molecule has 12 aromatic rings. The average molecular weight is 1360 g/mol. The lowest BCUT2D eigenvalue weighted by Gasteiger charge is -2.15. The third kappa shape index (κ3) is 20.1. The molecule has 508 valence electrons. The number of pyridine rings is 3. The minimum atomic E-state index is -2.61. The summed E-state index contributed by atoms with van der Waals surface area (Å²) in [5.74, 6) is 0.733. The van der Waals surface area contributed by atoms with Crippen LogP contribution in [0.1, 0.15) is 44.7 Å². The molecule has 0 saturated carbocycles. The largest absolute Gasteiger partial charge is 0.497 e. The Morgan fingerprint density at radius 3 is 1.06 bits per heavy atom. The van der Waals surface area contributed by atoms with Gasteiger partial charge in [0.15, 0.2) is 0 Å². The monoisotopic (exact) mass is 1360 g/mol. The summed E-state index contributed by atoms with van der Waals surface area (Å²) in [5, 5.41) is 31.5. The van der Waals surface area contributed by atoms with Gasteiger partial charge in [-0.15, -0.1) is 0 Å². The fraction of sp³-hybridized carbons (Fsp3) is 0.171. The molecular formula is C76H77N17O6S. The molecule has 0 unspecified atom stereocenters. The van der Waals surface area contributed by atoms with E-state index in [-0.39, 0.29) is 18.1 Å². The van der Waals surface area contributed by atoms with Gasteiger partial charge in [-0.25, -0.2) is 14.4 Å². The smallest absolute Gasteiger partial charge is 0.323 e. The quantitative estimate of drug-likeness (QED) is 0.0421. The second-order valence-electron chi connectivity index (χ2n) is 22.9. The molecule has 1 saturated heterocycles. The van der Waals surface area contributed by atoms with E-state index in [1.165, 1.54) is 31.5 Å². The highest BCUT2D eigenvalue weighted by Gasteiger charge is 2.19. The maximum Gasteiger partial charge on any atom is 0.323 e. The van der Waals surface area contributed by atoms with Crippen LogP contribution >= 0.6 is 0 Å². The summed E-state index contributed by atoms with van der Waals surface area (Å²) in [6, 6.07) is 57.1. The third-order valence-electron chi connectivity index (χ3n) is 15.9. The van der Waals surface area contributed by atoms with Crippen molar-refractivity contribution in [2.75, 3.05) is 52.1 Å². The number of anilines is 6. The lowest BCUT2D eigenvalue weighted by atomic mass is 10.0. The number of ether oxygens (including phenoxy) is 1. The molecule has 7 N–H and O–H groups in total. The number of nitrogens with one attached hydrogen (secondary N) is 7. The predicted octanol–water partition coefficient (Wildman–Crippen LogP) is 16.4. The number of rotatable bonds is 18. The van der Waals surface area contributed by atoms with Crippen LogP contribution in [0.2, 0.25) is 0 Å². The molecule has 0 atom stereocenters. The number of aromatic nitrogens is 9. The van der Waals surface area contributed by atoms with E-state index >= 15 is 0 Å². The van der Waals surface area contributed by atoms with Gasteiger partial charge in [0.1, 0.15) is 22.8 Å². The van der Waals surface area contributed by atoms with Gasteiger partial charge in [0.25, 0.3) is 0 Å². The zero-order valence-corrected chi connectivity index (χ0v) is 56.8. The van der Waals surface area contributed by atoms with Gasteiger partial charge >= 0.3 is 28.6 Å². The number of amides is 6. The molecule has 0 radical (unpaired) electrons. The van der Waals surface area contributed by atoms with E-state index in [1.807, 2.05) is 185 Å². The lowest BCUT2D eigenvalue weighted by Crippen LogP contribution is -2.20. The van der Waals surface area contributed by atoms with Gasteiger partial charge in [-0.05, 0) is 197 Å². The molecule has 1 aliphatic heterocycles. The molecular weight excluding hydrogens is 1280 g/mol. The Morgan fingerprint density at radius 2 is 0.740 bits per heavy atom. The zero-order chi connectivity index (χ0) is 70.2. The molecule has 6 aromatic heterocycles. The fourth-order valence-corrected chi connectivity index (χ4v) is 10.9. The van der Waals surface area contributed by atoms with E-state index < -0.39 is 10.5 Å². The number of urea groups is 3. The molecule has 13 rings (SSSR count). The van der Waals surface area contributed by atoms with Gasteiger partial charge in [0, 0.05) is 149 Å². The first-order valence-electron chi connectivity index (χ1n) is 32.5. The number of nitrogens with zero attached hydrogens (tertiary/aromatic N) is 10. The van der Waals surface area contributed by atoms with Gasteiger partial charge in [0.05, 0.1) is 7.11 Å². The number of hydrogen-bond donors (Lipinski definition) is 7. The molecule has 0 aliphatic carbocycles. The van der Waals surface area contributed by atoms with Crippen LogP contribution in [-0.4, -0.2) is 95.9 Å². The topological polar surface area (TPSA) is 286 Å². The van der Waals surface area contributed by atoms with Crippen LogP contribution in [0.4, 0.5) is 48.5 Å². The zero-order valence-electron chi connectivity index (χ0n) is 56.0. The molecule has 24 heteroatoms. The van der Waals surface area contributed by atoms with Crippen molar-refractivity contribution in [1.29, 1.82) is 4.78 Å². The summed E-state index contributed by atoms with van der Waals surface area (Å²) < 4.78 is 33.7. The minimum absolute atomic E-state index is 0.270. The Kier molecular flexibility index (Phi) is 24.6. The molecule has 23 nitrogen and oxygen atoms in total. The molecule has 1 fully saturated rings. The van der Waals surface area contributed by atoms with Crippen molar-refractivity contribution in [3.05, 3.63) is 249 Å². The van der Waals surface area contributed by atoms with Crippen molar-refractivity contribution in [2.24, 2.45) is 0 Å². The summed E-state index contributed by atoms with van der Waals surface area (Å²) in [5.41, 5.74) is 18.3. The molecule has 6 amide bonds. The average Bonchev–Trinajstić information content (AvgIpc) is 1.67. The Morgan fingerprint density at radius 1 is 0.430 bits per heavy atom. The van der Waals surface area contributed by atoms with E-state index in [4.69, 9.17) is 33.2 Å². The van der Waals surface area contributed by atoms with E-state index in [0.717, 1.165) is 122 Å². The number of aryl methyl sites for hydroxylation is 4. The molecule has 1 aliphatic rings. The Balaban J connectivity index is 0.000000158. The van der Waals surface area contributed by atoms with Gasteiger partial charge in [-0.2, -0.15) is 28.5 Å².